The van der Waals surface area contributed by atoms with Crippen LogP contribution in [0.15, 0.2) is 18.2 Å². The molecule has 1 aromatic carbocycles. The maximum atomic E-state index is 5.95. The molecule has 0 aliphatic carbocycles. The minimum absolute atomic E-state index is 0.578. The molecule has 0 bridgehead atoms. The number of benzene rings is 1. The average Bonchev–Trinajstić information content (AvgIpc) is 2.85. The molecule has 1 aliphatic heterocycles. The zero-order chi connectivity index (χ0) is 14.8. The Morgan fingerprint density at radius 1 is 1.24 bits per heavy atom. The van der Waals surface area contributed by atoms with Crippen LogP contribution in [0.1, 0.15) is 5.82 Å². The summed E-state index contributed by atoms with van der Waals surface area (Å²) >= 11 is 5.95. The molecule has 0 atom stereocenters. The van der Waals surface area contributed by atoms with Gasteiger partial charge in [0.1, 0.15) is 11.6 Å². The minimum atomic E-state index is 0.578. The molecule has 1 aliphatic rings. The van der Waals surface area contributed by atoms with Crippen molar-refractivity contribution < 1.29 is 4.74 Å². The zero-order valence-corrected chi connectivity index (χ0v) is 13.3. The highest BCUT2D eigenvalue weighted by Gasteiger charge is 2.20. The van der Waals surface area contributed by atoms with Gasteiger partial charge in [-0.05, 0) is 19.2 Å². The number of rotatable bonds is 4. The van der Waals surface area contributed by atoms with E-state index in [4.69, 9.17) is 21.3 Å². The van der Waals surface area contributed by atoms with Crippen molar-refractivity contribution in [2.45, 2.75) is 6.42 Å². The van der Waals surface area contributed by atoms with Crippen molar-refractivity contribution in [1.82, 2.24) is 14.6 Å². The number of ether oxygens (including phenoxy) is 1. The number of fused-ring (bicyclic) bond motifs is 1. The number of aryl methyl sites for hydroxylation is 1. The van der Waals surface area contributed by atoms with E-state index in [1.807, 2.05) is 12.1 Å². The molecular formula is C15H21ClN4O. The Morgan fingerprint density at radius 3 is 2.67 bits per heavy atom. The Bertz CT molecular complexity index is 619. The summed E-state index contributed by atoms with van der Waals surface area (Å²) in [5.74, 6) is 2.46. The van der Waals surface area contributed by atoms with Gasteiger partial charge in [-0.3, -0.25) is 0 Å². The van der Waals surface area contributed by atoms with Crippen molar-refractivity contribution in [3.05, 3.63) is 24.0 Å². The first-order valence-corrected chi connectivity index (χ1v) is 7.81. The van der Waals surface area contributed by atoms with Gasteiger partial charge in [0.15, 0.2) is 0 Å². The Balaban J connectivity index is 2.05. The van der Waals surface area contributed by atoms with E-state index in [-0.39, 0.29) is 0 Å². The third kappa shape index (κ3) is 2.80. The molecule has 0 saturated carbocycles. The number of halogens is 1. The van der Waals surface area contributed by atoms with E-state index in [1.54, 1.807) is 7.11 Å². The second-order valence-electron chi connectivity index (χ2n) is 5.39. The summed E-state index contributed by atoms with van der Waals surface area (Å²) in [6.07, 6.45) is 0.769. The monoisotopic (exact) mass is 308 g/mol. The summed E-state index contributed by atoms with van der Waals surface area (Å²) in [7, 11) is 3.85. The molecule has 2 heterocycles. The number of hydrogen-bond acceptors (Lipinski definition) is 4. The number of alkyl halides is 1. The van der Waals surface area contributed by atoms with Crippen LogP contribution in [-0.2, 0) is 6.42 Å². The van der Waals surface area contributed by atoms with Crippen molar-refractivity contribution in [2.75, 3.05) is 51.2 Å². The Kier molecular flexibility index (Phi) is 4.22. The van der Waals surface area contributed by atoms with Gasteiger partial charge >= 0.3 is 0 Å². The molecule has 6 heteroatoms. The Morgan fingerprint density at radius 2 is 2.00 bits per heavy atom. The Hall–Kier alpha value is -1.46. The van der Waals surface area contributed by atoms with Gasteiger partial charge in [-0.15, -0.1) is 11.6 Å². The number of likely N-dealkylation sites (N-methyl/N-ethyl adjacent to an activating group) is 1. The molecule has 0 amide bonds. The van der Waals surface area contributed by atoms with Crippen molar-refractivity contribution >= 4 is 22.6 Å². The smallest absolute Gasteiger partial charge is 0.130 e. The number of aromatic nitrogens is 2. The second kappa shape index (κ2) is 6.12. The van der Waals surface area contributed by atoms with Crippen LogP contribution in [0.4, 0.5) is 0 Å². The van der Waals surface area contributed by atoms with E-state index in [1.165, 1.54) is 0 Å². The first kappa shape index (κ1) is 14.5. The van der Waals surface area contributed by atoms with Gasteiger partial charge in [-0.2, -0.15) is 0 Å². The van der Waals surface area contributed by atoms with Crippen LogP contribution in [-0.4, -0.2) is 60.8 Å². The molecule has 21 heavy (non-hydrogen) atoms. The summed E-state index contributed by atoms with van der Waals surface area (Å²) < 4.78 is 7.59. The van der Waals surface area contributed by atoms with Gasteiger partial charge in [0, 0.05) is 44.5 Å². The van der Waals surface area contributed by atoms with E-state index >= 15 is 0 Å². The first-order chi connectivity index (χ1) is 10.2. The number of methoxy groups -OCH3 is 1. The summed E-state index contributed by atoms with van der Waals surface area (Å²) in [5, 5.41) is 2.36. The number of piperazine rings is 1. The number of hydrogen-bond donors (Lipinski definition) is 0. The van der Waals surface area contributed by atoms with E-state index < -0.39 is 0 Å². The zero-order valence-electron chi connectivity index (χ0n) is 12.5. The predicted molar refractivity (Wildman–Crippen MR) is 86.2 cm³/mol. The third-order valence-corrected chi connectivity index (χ3v) is 4.17. The molecule has 1 aromatic heterocycles. The first-order valence-electron chi connectivity index (χ1n) is 7.28. The fraction of sp³-hybridized carbons (Fsp3) is 0.533. The SMILES string of the molecule is COc1ccc2nc(CCCl)n(N3CCN(C)CC3)c2c1. The molecule has 114 valence electrons. The summed E-state index contributed by atoms with van der Waals surface area (Å²) in [6.45, 7) is 4.11. The minimum Gasteiger partial charge on any atom is -0.497 e. The summed E-state index contributed by atoms with van der Waals surface area (Å²) in [6, 6.07) is 6.02. The van der Waals surface area contributed by atoms with Gasteiger partial charge in [-0.25, -0.2) is 9.66 Å². The standard InChI is InChI=1S/C15H21ClN4O/c1-18-7-9-19(10-8-18)20-14-11-12(21-2)3-4-13(14)17-15(20)5-6-16/h3-4,11H,5-10H2,1-2H3. The molecule has 0 spiro atoms. The van der Waals surface area contributed by atoms with Crippen LogP contribution < -0.4 is 9.75 Å². The van der Waals surface area contributed by atoms with Gasteiger partial charge < -0.3 is 14.6 Å². The van der Waals surface area contributed by atoms with Crippen LogP contribution in [0.25, 0.3) is 11.0 Å². The summed E-state index contributed by atoms with van der Waals surface area (Å²) in [4.78, 5) is 7.08. The largest absolute Gasteiger partial charge is 0.497 e. The van der Waals surface area contributed by atoms with E-state index in [2.05, 4.69) is 27.7 Å². The van der Waals surface area contributed by atoms with Gasteiger partial charge in [0.05, 0.1) is 18.1 Å². The predicted octanol–water partition coefficient (Wildman–Crippen LogP) is 1.71. The van der Waals surface area contributed by atoms with Crippen LogP contribution in [0, 0.1) is 0 Å². The van der Waals surface area contributed by atoms with E-state index in [0.29, 0.717) is 5.88 Å². The number of imidazole rings is 1. The third-order valence-electron chi connectivity index (χ3n) is 3.99. The van der Waals surface area contributed by atoms with Crippen LogP contribution in [0.2, 0.25) is 0 Å². The Labute approximate surface area is 130 Å². The normalized spacial score (nSPS) is 16.6. The number of nitrogens with zero attached hydrogens (tertiary/aromatic N) is 4. The molecule has 2 aromatic rings. The van der Waals surface area contributed by atoms with Crippen molar-refractivity contribution in [1.29, 1.82) is 0 Å². The lowest BCUT2D eigenvalue weighted by Crippen LogP contribution is -2.50. The topological polar surface area (TPSA) is 33.5 Å². The fourth-order valence-electron chi connectivity index (χ4n) is 2.78. The van der Waals surface area contributed by atoms with Crippen molar-refractivity contribution in [3.8, 4) is 5.75 Å². The highest BCUT2D eigenvalue weighted by molar-refractivity contribution is 6.17. The molecular weight excluding hydrogens is 288 g/mol. The van der Waals surface area contributed by atoms with Crippen molar-refractivity contribution in [3.63, 3.8) is 0 Å². The maximum Gasteiger partial charge on any atom is 0.130 e. The molecule has 3 rings (SSSR count). The molecule has 5 nitrogen and oxygen atoms in total. The highest BCUT2D eigenvalue weighted by atomic mass is 35.5. The lowest BCUT2D eigenvalue weighted by atomic mass is 10.3. The van der Waals surface area contributed by atoms with Gasteiger partial charge in [0.2, 0.25) is 0 Å². The van der Waals surface area contributed by atoms with Crippen LogP contribution in [0.5, 0.6) is 5.75 Å². The van der Waals surface area contributed by atoms with Gasteiger partial charge in [0.25, 0.3) is 0 Å². The van der Waals surface area contributed by atoms with Crippen LogP contribution in [0.3, 0.4) is 0 Å². The van der Waals surface area contributed by atoms with E-state index in [9.17, 15) is 0 Å². The van der Waals surface area contributed by atoms with Gasteiger partial charge in [-0.1, -0.05) is 0 Å². The molecule has 0 radical (unpaired) electrons. The molecule has 1 saturated heterocycles. The summed E-state index contributed by atoms with van der Waals surface area (Å²) in [5.41, 5.74) is 2.09. The van der Waals surface area contributed by atoms with Crippen molar-refractivity contribution in [2.24, 2.45) is 0 Å². The lowest BCUT2D eigenvalue weighted by Gasteiger charge is -2.35. The second-order valence-corrected chi connectivity index (χ2v) is 5.77. The molecule has 1 fully saturated rings. The molecule has 0 N–H and O–H groups in total. The fourth-order valence-corrected chi connectivity index (χ4v) is 2.95. The average molecular weight is 309 g/mol. The van der Waals surface area contributed by atoms with Crippen LogP contribution >= 0.6 is 11.6 Å². The van der Waals surface area contributed by atoms with E-state index in [0.717, 1.165) is 55.2 Å². The maximum absolute atomic E-state index is 5.95. The lowest BCUT2D eigenvalue weighted by molar-refractivity contribution is 0.287. The quantitative estimate of drug-likeness (QED) is 0.805. The highest BCUT2D eigenvalue weighted by Crippen LogP contribution is 2.23. The molecule has 0 unspecified atom stereocenters.